The Hall–Kier alpha value is -1.02. The van der Waals surface area contributed by atoms with Crippen LogP contribution in [0.5, 0.6) is 0 Å². The van der Waals surface area contributed by atoms with Crippen molar-refractivity contribution < 1.29 is 0 Å². The molecule has 0 unspecified atom stereocenters. The highest BCUT2D eigenvalue weighted by molar-refractivity contribution is 5.45. The number of benzene rings is 1. The first kappa shape index (κ1) is 16.0. The van der Waals surface area contributed by atoms with E-state index in [2.05, 4.69) is 54.4 Å². The molecule has 19 heavy (non-hydrogen) atoms. The zero-order chi connectivity index (χ0) is 13.8. The highest BCUT2D eigenvalue weighted by atomic mass is 15.1. The van der Waals surface area contributed by atoms with Crippen LogP contribution in [0.15, 0.2) is 30.3 Å². The number of hydrogen-bond acceptors (Lipinski definition) is 2. The van der Waals surface area contributed by atoms with Crippen LogP contribution >= 0.6 is 0 Å². The predicted molar refractivity (Wildman–Crippen MR) is 86.0 cm³/mol. The molecule has 108 valence electrons. The Morgan fingerprint density at radius 2 is 1.58 bits per heavy atom. The number of hydrogen-bond donors (Lipinski definition) is 1. The van der Waals surface area contributed by atoms with Gasteiger partial charge < -0.3 is 10.2 Å². The number of nitrogens with zero attached hydrogens (tertiary/aromatic N) is 1. The minimum Gasteiger partial charge on any atom is -0.370 e. The second-order valence-corrected chi connectivity index (χ2v) is 5.13. The van der Waals surface area contributed by atoms with Crippen LogP contribution in [0.25, 0.3) is 0 Å². The molecule has 1 aromatic carbocycles. The summed E-state index contributed by atoms with van der Waals surface area (Å²) in [5.74, 6) is 0. The summed E-state index contributed by atoms with van der Waals surface area (Å²) in [6.45, 7) is 9.02. The second-order valence-electron chi connectivity index (χ2n) is 5.13. The van der Waals surface area contributed by atoms with Crippen LogP contribution < -0.4 is 10.2 Å². The van der Waals surface area contributed by atoms with Crippen LogP contribution in [-0.2, 0) is 0 Å². The Morgan fingerprint density at radius 3 is 2.26 bits per heavy atom. The van der Waals surface area contributed by atoms with E-state index in [0.717, 1.165) is 26.2 Å². The third-order valence-electron chi connectivity index (χ3n) is 3.42. The first-order chi connectivity index (χ1) is 9.38. The zero-order valence-corrected chi connectivity index (χ0v) is 12.7. The summed E-state index contributed by atoms with van der Waals surface area (Å²) in [5, 5.41) is 3.56. The van der Waals surface area contributed by atoms with Crippen molar-refractivity contribution in [3.63, 3.8) is 0 Å². The molecule has 0 aromatic heterocycles. The molecule has 2 nitrogen and oxygen atoms in total. The third-order valence-corrected chi connectivity index (χ3v) is 3.42. The van der Waals surface area contributed by atoms with Gasteiger partial charge in [0.25, 0.3) is 0 Å². The molecule has 0 saturated heterocycles. The summed E-state index contributed by atoms with van der Waals surface area (Å²) < 4.78 is 0. The van der Waals surface area contributed by atoms with E-state index in [9.17, 15) is 0 Å². The van der Waals surface area contributed by atoms with E-state index >= 15 is 0 Å². The number of para-hydroxylation sites is 1. The van der Waals surface area contributed by atoms with Gasteiger partial charge >= 0.3 is 0 Å². The molecule has 0 fully saturated rings. The van der Waals surface area contributed by atoms with Crippen LogP contribution in [-0.4, -0.2) is 26.2 Å². The van der Waals surface area contributed by atoms with Gasteiger partial charge in [-0.1, -0.05) is 51.3 Å². The molecular weight excluding hydrogens is 232 g/mol. The van der Waals surface area contributed by atoms with Gasteiger partial charge in [-0.15, -0.1) is 0 Å². The maximum atomic E-state index is 3.56. The number of rotatable bonds is 11. The van der Waals surface area contributed by atoms with Gasteiger partial charge in [0, 0.05) is 25.3 Å². The van der Waals surface area contributed by atoms with Crippen LogP contribution in [0.4, 0.5) is 5.69 Å². The van der Waals surface area contributed by atoms with E-state index in [-0.39, 0.29) is 0 Å². The SMILES string of the molecule is CCCCCNCCN(CCCC)c1ccccc1. The molecule has 0 bridgehead atoms. The lowest BCUT2D eigenvalue weighted by Gasteiger charge is -2.25. The molecule has 0 atom stereocenters. The standard InChI is InChI=1S/C17H30N2/c1-3-5-10-13-18-14-16-19(15-6-4-2)17-11-8-7-9-12-17/h7-9,11-12,18H,3-6,10,13-16H2,1-2H3. The van der Waals surface area contributed by atoms with Crippen molar-refractivity contribution in [1.29, 1.82) is 0 Å². The van der Waals surface area contributed by atoms with Crippen molar-refractivity contribution in [3.05, 3.63) is 30.3 Å². The molecule has 1 rings (SSSR count). The first-order valence-electron chi connectivity index (χ1n) is 7.89. The predicted octanol–water partition coefficient (Wildman–Crippen LogP) is 4.07. The normalized spacial score (nSPS) is 10.6. The van der Waals surface area contributed by atoms with Crippen molar-refractivity contribution in [2.45, 2.75) is 46.0 Å². The molecular formula is C17H30N2. The van der Waals surface area contributed by atoms with E-state index in [1.807, 2.05) is 0 Å². The Bertz CT molecular complexity index is 297. The summed E-state index contributed by atoms with van der Waals surface area (Å²) in [7, 11) is 0. The van der Waals surface area contributed by atoms with Gasteiger partial charge in [-0.3, -0.25) is 0 Å². The van der Waals surface area contributed by atoms with E-state index < -0.39 is 0 Å². The van der Waals surface area contributed by atoms with Gasteiger partial charge in [-0.2, -0.15) is 0 Å². The maximum absolute atomic E-state index is 3.56. The fourth-order valence-electron chi connectivity index (χ4n) is 2.20. The lowest BCUT2D eigenvalue weighted by Crippen LogP contribution is -2.33. The highest BCUT2D eigenvalue weighted by Crippen LogP contribution is 2.13. The fourth-order valence-corrected chi connectivity index (χ4v) is 2.20. The number of anilines is 1. The molecule has 0 aliphatic rings. The van der Waals surface area contributed by atoms with Gasteiger partial charge in [-0.25, -0.2) is 0 Å². The Kier molecular flexibility index (Phi) is 9.17. The minimum absolute atomic E-state index is 1.09. The Balaban J connectivity index is 2.30. The molecule has 0 saturated carbocycles. The van der Waals surface area contributed by atoms with E-state index in [1.54, 1.807) is 0 Å². The number of nitrogens with one attached hydrogen (secondary N) is 1. The molecule has 0 radical (unpaired) electrons. The second kappa shape index (κ2) is 10.9. The van der Waals surface area contributed by atoms with Crippen molar-refractivity contribution >= 4 is 5.69 Å². The topological polar surface area (TPSA) is 15.3 Å². The molecule has 0 amide bonds. The van der Waals surface area contributed by atoms with Gasteiger partial charge in [-0.05, 0) is 31.5 Å². The average Bonchev–Trinajstić information content (AvgIpc) is 2.46. The van der Waals surface area contributed by atoms with Crippen LogP contribution in [0.2, 0.25) is 0 Å². The van der Waals surface area contributed by atoms with Crippen molar-refractivity contribution in [2.75, 3.05) is 31.1 Å². The van der Waals surface area contributed by atoms with Gasteiger partial charge in [0.2, 0.25) is 0 Å². The van der Waals surface area contributed by atoms with E-state index in [4.69, 9.17) is 0 Å². The summed E-state index contributed by atoms with van der Waals surface area (Å²) in [6.07, 6.45) is 6.47. The van der Waals surface area contributed by atoms with Crippen LogP contribution in [0.1, 0.15) is 46.0 Å². The smallest absolute Gasteiger partial charge is 0.0366 e. The quantitative estimate of drug-likeness (QED) is 0.605. The molecule has 0 heterocycles. The van der Waals surface area contributed by atoms with Crippen molar-refractivity contribution in [1.82, 2.24) is 5.32 Å². The van der Waals surface area contributed by atoms with Gasteiger partial charge in [0.15, 0.2) is 0 Å². The lowest BCUT2D eigenvalue weighted by molar-refractivity contribution is 0.602. The van der Waals surface area contributed by atoms with E-state index in [1.165, 1.54) is 37.8 Å². The minimum atomic E-state index is 1.09. The van der Waals surface area contributed by atoms with Gasteiger partial charge in [0.05, 0.1) is 0 Å². The Labute approximate surface area is 119 Å². The number of unbranched alkanes of at least 4 members (excludes halogenated alkanes) is 3. The summed E-state index contributed by atoms with van der Waals surface area (Å²) in [6, 6.07) is 10.8. The van der Waals surface area contributed by atoms with Crippen molar-refractivity contribution in [3.8, 4) is 0 Å². The summed E-state index contributed by atoms with van der Waals surface area (Å²) >= 11 is 0. The largest absolute Gasteiger partial charge is 0.370 e. The third kappa shape index (κ3) is 7.22. The monoisotopic (exact) mass is 262 g/mol. The highest BCUT2D eigenvalue weighted by Gasteiger charge is 2.04. The average molecular weight is 262 g/mol. The summed E-state index contributed by atoms with van der Waals surface area (Å²) in [4.78, 5) is 2.50. The molecule has 1 N–H and O–H groups in total. The fraction of sp³-hybridized carbons (Fsp3) is 0.647. The molecule has 2 heteroatoms. The maximum Gasteiger partial charge on any atom is 0.0366 e. The van der Waals surface area contributed by atoms with E-state index in [0.29, 0.717) is 0 Å². The van der Waals surface area contributed by atoms with Crippen LogP contribution in [0.3, 0.4) is 0 Å². The molecule has 0 spiro atoms. The summed E-state index contributed by atoms with van der Waals surface area (Å²) in [5.41, 5.74) is 1.35. The lowest BCUT2D eigenvalue weighted by atomic mass is 10.2. The first-order valence-corrected chi connectivity index (χ1v) is 7.89. The molecule has 0 aliphatic heterocycles. The molecule has 1 aromatic rings. The van der Waals surface area contributed by atoms with Crippen LogP contribution in [0, 0.1) is 0 Å². The molecule has 0 aliphatic carbocycles. The Morgan fingerprint density at radius 1 is 0.842 bits per heavy atom. The zero-order valence-electron chi connectivity index (χ0n) is 12.7. The van der Waals surface area contributed by atoms with Crippen molar-refractivity contribution in [2.24, 2.45) is 0 Å². The van der Waals surface area contributed by atoms with Gasteiger partial charge in [0.1, 0.15) is 0 Å².